The number of piperazine rings is 1. The molecule has 0 aromatic carbocycles. The first-order valence-corrected chi connectivity index (χ1v) is 7.98. The number of likely N-dealkylation sites (N-methyl/N-ethyl adjacent to an activating group) is 1. The minimum atomic E-state index is -0.0125. The molecule has 6 heteroatoms. The van der Waals surface area contributed by atoms with E-state index in [1.807, 2.05) is 0 Å². The van der Waals surface area contributed by atoms with Gasteiger partial charge in [0, 0.05) is 38.4 Å². The quantitative estimate of drug-likeness (QED) is 0.729. The standard InChI is InChI=1S/C12H22N2O2S2/c1-13-4-6-14(7-5-13)12(17)18-10-3-11-15-8-2-9-16-11/h11H,2-10H2,1H3. The van der Waals surface area contributed by atoms with Gasteiger partial charge in [-0.1, -0.05) is 24.0 Å². The molecule has 4 nitrogen and oxygen atoms in total. The molecule has 0 atom stereocenters. The second kappa shape index (κ2) is 7.65. The molecular weight excluding hydrogens is 268 g/mol. The van der Waals surface area contributed by atoms with Gasteiger partial charge in [0.15, 0.2) is 6.29 Å². The average Bonchev–Trinajstić information content (AvgIpc) is 2.40. The molecule has 2 fully saturated rings. The fourth-order valence-corrected chi connectivity index (χ4v) is 3.31. The van der Waals surface area contributed by atoms with Gasteiger partial charge in [0.2, 0.25) is 0 Å². The fourth-order valence-electron chi connectivity index (χ4n) is 2.03. The first-order valence-electron chi connectivity index (χ1n) is 6.59. The molecular formula is C12H22N2O2S2. The summed E-state index contributed by atoms with van der Waals surface area (Å²) in [4.78, 5) is 4.65. The van der Waals surface area contributed by atoms with Gasteiger partial charge in [-0.05, 0) is 13.5 Å². The predicted octanol–water partition coefficient (Wildman–Crippen LogP) is 1.41. The maximum atomic E-state index is 5.52. The van der Waals surface area contributed by atoms with Gasteiger partial charge >= 0.3 is 0 Å². The Morgan fingerprint density at radius 3 is 2.56 bits per heavy atom. The van der Waals surface area contributed by atoms with E-state index in [4.69, 9.17) is 21.7 Å². The third kappa shape index (κ3) is 4.66. The number of ether oxygens (including phenoxy) is 2. The number of hydrogen-bond donors (Lipinski definition) is 0. The Morgan fingerprint density at radius 1 is 1.22 bits per heavy atom. The molecule has 0 saturated carbocycles. The second-order valence-electron chi connectivity index (χ2n) is 4.72. The summed E-state index contributed by atoms with van der Waals surface area (Å²) in [7, 11) is 2.16. The van der Waals surface area contributed by atoms with Crippen LogP contribution >= 0.6 is 24.0 Å². The van der Waals surface area contributed by atoms with E-state index < -0.39 is 0 Å². The summed E-state index contributed by atoms with van der Waals surface area (Å²) < 4.78 is 12.1. The maximum absolute atomic E-state index is 5.52. The zero-order chi connectivity index (χ0) is 12.8. The lowest BCUT2D eigenvalue weighted by atomic mass is 10.4. The van der Waals surface area contributed by atoms with Gasteiger partial charge in [0.05, 0.1) is 13.2 Å². The molecule has 2 aliphatic heterocycles. The van der Waals surface area contributed by atoms with Crippen molar-refractivity contribution in [1.82, 2.24) is 9.80 Å². The third-order valence-electron chi connectivity index (χ3n) is 3.24. The van der Waals surface area contributed by atoms with Gasteiger partial charge < -0.3 is 19.3 Å². The molecule has 0 aliphatic carbocycles. The molecule has 104 valence electrons. The maximum Gasteiger partial charge on any atom is 0.158 e. The highest BCUT2D eigenvalue weighted by molar-refractivity contribution is 8.22. The van der Waals surface area contributed by atoms with Crippen LogP contribution in [0.2, 0.25) is 0 Å². The van der Waals surface area contributed by atoms with E-state index >= 15 is 0 Å². The monoisotopic (exact) mass is 290 g/mol. The Morgan fingerprint density at radius 2 is 1.89 bits per heavy atom. The molecule has 2 heterocycles. The zero-order valence-electron chi connectivity index (χ0n) is 11.0. The summed E-state index contributed by atoms with van der Waals surface area (Å²) in [5.74, 6) is 0.982. The van der Waals surface area contributed by atoms with Crippen molar-refractivity contribution in [1.29, 1.82) is 0 Å². The molecule has 0 N–H and O–H groups in total. The van der Waals surface area contributed by atoms with E-state index in [2.05, 4.69) is 16.8 Å². The summed E-state index contributed by atoms with van der Waals surface area (Å²) in [6, 6.07) is 0. The number of hydrogen-bond acceptors (Lipinski definition) is 5. The smallest absolute Gasteiger partial charge is 0.158 e. The van der Waals surface area contributed by atoms with Crippen LogP contribution in [0.4, 0.5) is 0 Å². The number of rotatable bonds is 3. The van der Waals surface area contributed by atoms with E-state index in [1.165, 1.54) is 0 Å². The lowest BCUT2D eigenvalue weighted by Crippen LogP contribution is -2.45. The second-order valence-corrected chi connectivity index (χ2v) is 6.45. The van der Waals surface area contributed by atoms with E-state index in [1.54, 1.807) is 11.8 Å². The van der Waals surface area contributed by atoms with Crippen LogP contribution in [0.5, 0.6) is 0 Å². The van der Waals surface area contributed by atoms with E-state index in [9.17, 15) is 0 Å². The molecule has 0 aromatic heterocycles. The van der Waals surface area contributed by atoms with Crippen molar-refractivity contribution in [3.63, 3.8) is 0 Å². The topological polar surface area (TPSA) is 24.9 Å². The molecule has 0 unspecified atom stereocenters. The van der Waals surface area contributed by atoms with Crippen molar-refractivity contribution in [2.24, 2.45) is 0 Å². The Kier molecular flexibility index (Phi) is 6.17. The molecule has 2 aliphatic rings. The Bertz CT molecular complexity index is 265. The van der Waals surface area contributed by atoms with Gasteiger partial charge in [0.1, 0.15) is 4.32 Å². The summed E-state index contributed by atoms with van der Waals surface area (Å²) >= 11 is 7.22. The lowest BCUT2D eigenvalue weighted by Gasteiger charge is -2.33. The summed E-state index contributed by atoms with van der Waals surface area (Å²) in [5.41, 5.74) is 0. The first-order chi connectivity index (χ1) is 8.75. The van der Waals surface area contributed by atoms with Crippen molar-refractivity contribution in [2.45, 2.75) is 19.1 Å². The van der Waals surface area contributed by atoms with E-state index in [0.717, 1.165) is 62.3 Å². The van der Waals surface area contributed by atoms with Crippen LogP contribution in [0.15, 0.2) is 0 Å². The average molecular weight is 290 g/mol. The van der Waals surface area contributed by atoms with Gasteiger partial charge in [-0.2, -0.15) is 0 Å². The van der Waals surface area contributed by atoms with E-state index in [0.29, 0.717) is 0 Å². The number of nitrogens with zero attached hydrogens (tertiary/aromatic N) is 2. The van der Waals surface area contributed by atoms with Crippen molar-refractivity contribution < 1.29 is 9.47 Å². The van der Waals surface area contributed by atoms with Gasteiger partial charge in [-0.15, -0.1) is 0 Å². The summed E-state index contributed by atoms with van der Waals surface area (Å²) in [6.45, 7) is 5.99. The van der Waals surface area contributed by atoms with Crippen molar-refractivity contribution >= 4 is 28.3 Å². The third-order valence-corrected chi connectivity index (χ3v) is 4.79. The highest BCUT2D eigenvalue weighted by atomic mass is 32.2. The minimum absolute atomic E-state index is 0.0125. The number of thioether (sulfide) groups is 1. The summed E-state index contributed by atoms with van der Waals surface area (Å²) in [5, 5.41) is 0. The Hall–Kier alpha value is 0.120. The SMILES string of the molecule is CN1CCN(C(=S)SCCC2OCCCO2)CC1. The van der Waals surface area contributed by atoms with Crippen molar-refractivity contribution in [3.05, 3.63) is 0 Å². The van der Waals surface area contributed by atoms with Crippen LogP contribution in [0.3, 0.4) is 0 Å². The van der Waals surface area contributed by atoms with Crippen molar-refractivity contribution in [2.75, 3.05) is 52.2 Å². The molecule has 2 saturated heterocycles. The first kappa shape index (κ1) is 14.5. The zero-order valence-corrected chi connectivity index (χ0v) is 12.6. The van der Waals surface area contributed by atoms with Crippen LogP contribution in [0.25, 0.3) is 0 Å². The molecule has 0 radical (unpaired) electrons. The van der Waals surface area contributed by atoms with Crippen LogP contribution in [0, 0.1) is 0 Å². The van der Waals surface area contributed by atoms with Gasteiger partial charge in [0.25, 0.3) is 0 Å². The van der Waals surface area contributed by atoms with Crippen molar-refractivity contribution in [3.8, 4) is 0 Å². The van der Waals surface area contributed by atoms with Crippen LogP contribution in [0.1, 0.15) is 12.8 Å². The Labute approximate surface area is 119 Å². The minimum Gasteiger partial charge on any atom is -0.355 e. The molecule has 0 aromatic rings. The molecule has 0 bridgehead atoms. The molecule has 0 spiro atoms. The highest BCUT2D eigenvalue weighted by Crippen LogP contribution is 2.16. The Balaban J connectivity index is 1.59. The van der Waals surface area contributed by atoms with E-state index in [-0.39, 0.29) is 6.29 Å². The summed E-state index contributed by atoms with van der Waals surface area (Å²) in [6.07, 6.45) is 1.93. The largest absolute Gasteiger partial charge is 0.355 e. The highest BCUT2D eigenvalue weighted by Gasteiger charge is 2.18. The van der Waals surface area contributed by atoms with Gasteiger partial charge in [-0.25, -0.2) is 0 Å². The molecule has 0 amide bonds. The molecule has 18 heavy (non-hydrogen) atoms. The molecule has 2 rings (SSSR count). The lowest BCUT2D eigenvalue weighted by molar-refractivity contribution is -0.178. The van der Waals surface area contributed by atoms with Crippen LogP contribution < -0.4 is 0 Å². The fraction of sp³-hybridized carbons (Fsp3) is 0.917. The van der Waals surface area contributed by atoms with Crippen LogP contribution in [-0.4, -0.2) is 72.6 Å². The normalized spacial score (nSPS) is 23.3. The predicted molar refractivity (Wildman–Crippen MR) is 79.1 cm³/mol. The number of thiocarbonyl (C=S) groups is 1. The van der Waals surface area contributed by atoms with Gasteiger partial charge in [-0.3, -0.25) is 0 Å². The van der Waals surface area contributed by atoms with Crippen LogP contribution in [-0.2, 0) is 9.47 Å².